The van der Waals surface area contributed by atoms with Gasteiger partial charge in [-0.15, -0.1) is 0 Å². The Bertz CT molecular complexity index is 383. The SMILES string of the molecule is Nc1ncccc1C#CC1CCNCC1. The Balaban J connectivity index is 2.07. The summed E-state index contributed by atoms with van der Waals surface area (Å²) in [4.78, 5) is 4.01. The topological polar surface area (TPSA) is 50.9 Å². The third kappa shape index (κ3) is 2.71. The summed E-state index contributed by atoms with van der Waals surface area (Å²) in [5.74, 6) is 7.42. The molecule has 2 heterocycles. The van der Waals surface area contributed by atoms with Crippen LogP contribution in [0.3, 0.4) is 0 Å². The highest BCUT2D eigenvalue weighted by Gasteiger charge is 2.09. The van der Waals surface area contributed by atoms with Crippen LogP contribution in [0.5, 0.6) is 0 Å². The molecule has 2 rings (SSSR count). The Morgan fingerprint density at radius 2 is 2.20 bits per heavy atom. The van der Waals surface area contributed by atoms with Crippen molar-refractivity contribution in [3.05, 3.63) is 23.9 Å². The van der Waals surface area contributed by atoms with Crippen LogP contribution < -0.4 is 11.1 Å². The van der Waals surface area contributed by atoms with E-state index in [1.807, 2.05) is 12.1 Å². The van der Waals surface area contributed by atoms with Crippen LogP contribution in [0.15, 0.2) is 18.3 Å². The molecule has 0 saturated carbocycles. The Labute approximate surface area is 90.1 Å². The molecule has 1 aromatic heterocycles. The number of nitrogens with one attached hydrogen (secondary N) is 1. The van der Waals surface area contributed by atoms with Crippen molar-refractivity contribution >= 4 is 5.82 Å². The maximum Gasteiger partial charge on any atom is 0.139 e. The predicted molar refractivity (Wildman–Crippen MR) is 61.1 cm³/mol. The number of nitrogen functional groups attached to an aromatic ring is 1. The Kier molecular flexibility index (Phi) is 3.21. The molecular formula is C12H15N3. The van der Waals surface area contributed by atoms with Gasteiger partial charge in [0, 0.05) is 12.1 Å². The van der Waals surface area contributed by atoms with E-state index in [-0.39, 0.29) is 0 Å². The molecule has 1 aliphatic rings. The first-order valence-electron chi connectivity index (χ1n) is 5.29. The number of rotatable bonds is 0. The smallest absolute Gasteiger partial charge is 0.139 e. The van der Waals surface area contributed by atoms with Gasteiger partial charge in [-0.05, 0) is 38.1 Å². The molecule has 0 aromatic carbocycles. The van der Waals surface area contributed by atoms with Crippen molar-refractivity contribution in [1.29, 1.82) is 0 Å². The van der Waals surface area contributed by atoms with Gasteiger partial charge in [0.1, 0.15) is 5.82 Å². The summed E-state index contributed by atoms with van der Waals surface area (Å²) in [7, 11) is 0. The molecule has 15 heavy (non-hydrogen) atoms. The average Bonchev–Trinajstić information content (AvgIpc) is 2.29. The van der Waals surface area contributed by atoms with Gasteiger partial charge in [0.2, 0.25) is 0 Å². The summed E-state index contributed by atoms with van der Waals surface area (Å²) in [5.41, 5.74) is 6.55. The summed E-state index contributed by atoms with van der Waals surface area (Å²) < 4.78 is 0. The molecule has 0 aliphatic carbocycles. The molecule has 0 unspecified atom stereocenters. The highest BCUT2D eigenvalue weighted by atomic mass is 14.9. The molecule has 0 amide bonds. The highest BCUT2D eigenvalue weighted by Crippen LogP contribution is 2.11. The van der Waals surface area contributed by atoms with Crippen LogP contribution in [0.1, 0.15) is 18.4 Å². The van der Waals surface area contributed by atoms with Crippen LogP contribution in [-0.2, 0) is 0 Å². The first-order chi connectivity index (χ1) is 7.36. The molecule has 3 nitrogen and oxygen atoms in total. The summed E-state index contributed by atoms with van der Waals surface area (Å²) in [6.07, 6.45) is 3.95. The number of piperidine rings is 1. The van der Waals surface area contributed by atoms with Crippen molar-refractivity contribution in [2.24, 2.45) is 5.92 Å². The van der Waals surface area contributed by atoms with Crippen LogP contribution in [0.25, 0.3) is 0 Å². The molecule has 1 fully saturated rings. The number of nitrogens with zero attached hydrogens (tertiary/aromatic N) is 1. The van der Waals surface area contributed by atoms with Gasteiger partial charge in [0.15, 0.2) is 0 Å². The van der Waals surface area contributed by atoms with E-state index in [0.29, 0.717) is 11.7 Å². The first-order valence-corrected chi connectivity index (χ1v) is 5.29. The van der Waals surface area contributed by atoms with E-state index < -0.39 is 0 Å². The van der Waals surface area contributed by atoms with Crippen molar-refractivity contribution in [3.8, 4) is 11.8 Å². The molecule has 78 valence electrons. The number of hydrogen-bond acceptors (Lipinski definition) is 3. The fraction of sp³-hybridized carbons (Fsp3) is 0.417. The van der Waals surface area contributed by atoms with E-state index in [9.17, 15) is 0 Å². The normalized spacial score (nSPS) is 16.8. The zero-order chi connectivity index (χ0) is 10.5. The van der Waals surface area contributed by atoms with Crippen molar-refractivity contribution in [2.75, 3.05) is 18.8 Å². The minimum atomic E-state index is 0.505. The number of nitrogens with two attached hydrogens (primary N) is 1. The lowest BCUT2D eigenvalue weighted by Crippen LogP contribution is -2.26. The van der Waals surface area contributed by atoms with E-state index in [4.69, 9.17) is 5.73 Å². The minimum Gasteiger partial charge on any atom is -0.383 e. The van der Waals surface area contributed by atoms with Gasteiger partial charge in [0.25, 0.3) is 0 Å². The predicted octanol–water partition coefficient (Wildman–Crippen LogP) is 1.01. The monoisotopic (exact) mass is 201 g/mol. The third-order valence-electron chi connectivity index (χ3n) is 2.59. The van der Waals surface area contributed by atoms with Crippen LogP contribution in [0.2, 0.25) is 0 Å². The summed E-state index contributed by atoms with van der Waals surface area (Å²) >= 11 is 0. The molecule has 1 aromatic rings. The second-order valence-electron chi connectivity index (χ2n) is 3.73. The fourth-order valence-corrected chi connectivity index (χ4v) is 1.67. The maximum atomic E-state index is 5.71. The Hall–Kier alpha value is -1.53. The van der Waals surface area contributed by atoms with Gasteiger partial charge in [-0.2, -0.15) is 0 Å². The van der Waals surface area contributed by atoms with Crippen molar-refractivity contribution < 1.29 is 0 Å². The molecule has 0 bridgehead atoms. The van der Waals surface area contributed by atoms with Gasteiger partial charge in [-0.3, -0.25) is 0 Å². The largest absolute Gasteiger partial charge is 0.383 e. The van der Waals surface area contributed by atoms with Crippen molar-refractivity contribution in [3.63, 3.8) is 0 Å². The maximum absolute atomic E-state index is 5.71. The number of pyridine rings is 1. The fourth-order valence-electron chi connectivity index (χ4n) is 1.67. The van der Waals surface area contributed by atoms with Crippen LogP contribution in [0, 0.1) is 17.8 Å². The Morgan fingerprint density at radius 1 is 1.40 bits per heavy atom. The Morgan fingerprint density at radius 3 is 2.93 bits per heavy atom. The van der Waals surface area contributed by atoms with E-state index in [2.05, 4.69) is 22.1 Å². The van der Waals surface area contributed by atoms with Crippen molar-refractivity contribution in [1.82, 2.24) is 10.3 Å². The molecule has 0 radical (unpaired) electrons. The first kappa shape index (κ1) is 10.0. The van der Waals surface area contributed by atoms with Crippen LogP contribution in [0.4, 0.5) is 5.82 Å². The highest BCUT2D eigenvalue weighted by molar-refractivity contribution is 5.50. The zero-order valence-corrected chi connectivity index (χ0v) is 8.66. The van der Waals surface area contributed by atoms with Crippen LogP contribution in [-0.4, -0.2) is 18.1 Å². The summed E-state index contributed by atoms with van der Waals surface area (Å²) in [5, 5.41) is 3.32. The minimum absolute atomic E-state index is 0.505. The zero-order valence-electron chi connectivity index (χ0n) is 8.66. The lowest BCUT2D eigenvalue weighted by Gasteiger charge is -2.17. The average molecular weight is 201 g/mol. The second kappa shape index (κ2) is 4.81. The van der Waals surface area contributed by atoms with Gasteiger partial charge in [-0.25, -0.2) is 4.98 Å². The molecule has 0 atom stereocenters. The van der Waals surface area contributed by atoms with Gasteiger partial charge < -0.3 is 11.1 Å². The molecule has 1 aliphatic heterocycles. The standard InChI is InChI=1S/C12H15N3/c13-12-11(2-1-7-15-12)4-3-10-5-8-14-9-6-10/h1-2,7,10,14H,5-6,8-9H2,(H2,13,15). The number of hydrogen-bond donors (Lipinski definition) is 2. The summed E-state index contributed by atoms with van der Waals surface area (Å²) in [6, 6.07) is 3.78. The molecular weight excluding hydrogens is 186 g/mol. The quantitative estimate of drug-likeness (QED) is 0.616. The van der Waals surface area contributed by atoms with E-state index >= 15 is 0 Å². The van der Waals surface area contributed by atoms with Gasteiger partial charge in [0.05, 0.1) is 5.56 Å². The molecule has 3 N–H and O–H groups in total. The molecule has 3 heteroatoms. The van der Waals surface area contributed by atoms with Gasteiger partial charge in [-0.1, -0.05) is 11.8 Å². The van der Waals surface area contributed by atoms with E-state index in [1.165, 1.54) is 0 Å². The second-order valence-corrected chi connectivity index (χ2v) is 3.73. The van der Waals surface area contributed by atoms with E-state index in [0.717, 1.165) is 31.5 Å². The lowest BCUT2D eigenvalue weighted by molar-refractivity contribution is 0.447. The number of aromatic nitrogens is 1. The van der Waals surface area contributed by atoms with Crippen LogP contribution >= 0.6 is 0 Å². The molecule has 0 spiro atoms. The number of anilines is 1. The molecule has 1 saturated heterocycles. The third-order valence-corrected chi connectivity index (χ3v) is 2.59. The lowest BCUT2D eigenvalue weighted by atomic mass is 9.98. The van der Waals surface area contributed by atoms with E-state index in [1.54, 1.807) is 6.20 Å². The van der Waals surface area contributed by atoms with Crippen molar-refractivity contribution in [2.45, 2.75) is 12.8 Å². The van der Waals surface area contributed by atoms with Gasteiger partial charge >= 0.3 is 0 Å². The summed E-state index contributed by atoms with van der Waals surface area (Å²) in [6.45, 7) is 2.14.